The molecule has 0 atom stereocenters. The first-order valence-corrected chi connectivity index (χ1v) is 11.0. The Morgan fingerprint density at radius 2 is 1.91 bits per heavy atom. The minimum absolute atomic E-state index is 0.168. The molecular weight excluding hydrogens is 418 g/mol. The molecule has 0 aliphatic carbocycles. The quantitative estimate of drug-likeness (QED) is 0.387. The summed E-state index contributed by atoms with van der Waals surface area (Å²) in [7, 11) is 0. The van der Waals surface area contributed by atoms with Gasteiger partial charge in [-0.15, -0.1) is 10.2 Å². The van der Waals surface area contributed by atoms with E-state index in [1.807, 2.05) is 59.3 Å². The summed E-state index contributed by atoms with van der Waals surface area (Å²) >= 11 is 0. The van der Waals surface area contributed by atoms with E-state index >= 15 is 0 Å². The van der Waals surface area contributed by atoms with Crippen molar-refractivity contribution in [3.8, 4) is 23.0 Å². The summed E-state index contributed by atoms with van der Waals surface area (Å²) in [4.78, 5) is 12.7. The van der Waals surface area contributed by atoms with Crippen LogP contribution in [0.4, 0.5) is 0 Å². The predicted molar refractivity (Wildman–Crippen MR) is 124 cm³/mol. The van der Waals surface area contributed by atoms with Gasteiger partial charge in [0.1, 0.15) is 18.1 Å². The summed E-state index contributed by atoms with van der Waals surface area (Å²) in [5, 5.41) is 15.6. The minimum atomic E-state index is -0.168. The fraction of sp³-hybridized carbons (Fsp3) is 0.280. The number of carbonyl (C=O) groups is 1. The number of hydrogen-bond acceptors (Lipinski definition) is 6. The highest BCUT2D eigenvalue weighted by Crippen LogP contribution is 2.23. The number of ether oxygens (including phenoxy) is 1. The van der Waals surface area contributed by atoms with E-state index < -0.39 is 0 Å². The number of rotatable bonds is 9. The van der Waals surface area contributed by atoms with Crippen LogP contribution in [0.15, 0.2) is 65.1 Å². The van der Waals surface area contributed by atoms with E-state index in [0.717, 1.165) is 23.6 Å². The number of hydrogen-bond donors (Lipinski definition) is 1. The van der Waals surface area contributed by atoms with Gasteiger partial charge in [-0.25, -0.2) is 4.68 Å². The zero-order valence-corrected chi connectivity index (χ0v) is 19.0. The highest BCUT2D eigenvalue weighted by molar-refractivity contribution is 5.94. The van der Waals surface area contributed by atoms with E-state index in [2.05, 4.69) is 29.4 Å². The summed E-state index contributed by atoms with van der Waals surface area (Å²) < 4.78 is 13.0. The molecule has 0 spiro atoms. The fourth-order valence-corrected chi connectivity index (χ4v) is 3.44. The van der Waals surface area contributed by atoms with Crippen LogP contribution in [0.25, 0.3) is 17.3 Å². The van der Waals surface area contributed by atoms with Gasteiger partial charge in [0, 0.05) is 18.2 Å². The van der Waals surface area contributed by atoms with Crippen LogP contribution >= 0.6 is 0 Å². The van der Waals surface area contributed by atoms with Crippen molar-refractivity contribution in [3.05, 3.63) is 77.8 Å². The molecule has 1 N–H and O–H groups in total. The van der Waals surface area contributed by atoms with Gasteiger partial charge < -0.3 is 14.5 Å². The molecule has 1 amide bonds. The molecule has 0 unspecified atom stereocenters. The van der Waals surface area contributed by atoms with E-state index in [1.54, 1.807) is 13.0 Å². The molecule has 8 heteroatoms. The van der Waals surface area contributed by atoms with Crippen LogP contribution in [0.1, 0.15) is 35.8 Å². The van der Waals surface area contributed by atoms with E-state index in [1.165, 1.54) is 0 Å². The van der Waals surface area contributed by atoms with Gasteiger partial charge in [-0.1, -0.05) is 38.1 Å². The number of para-hydroxylation sites is 1. The molecule has 4 aromatic rings. The first-order chi connectivity index (χ1) is 16.0. The maximum Gasteiger partial charge on any atom is 0.268 e. The lowest BCUT2D eigenvalue weighted by atomic mass is 10.1. The van der Waals surface area contributed by atoms with Gasteiger partial charge in [-0.05, 0) is 48.7 Å². The van der Waals surface area contributed by atoms with Gasteiger partial charge in [0.25, 0.3) is 11.8 Å². The van der Waals surface area contributed by atoms with Crippen LogP contribution in [-0.2, 0) is 6.42 Å². The fourth-order valence-electron chi connectivity index (χ4n) is 3.44. The van der Waals surface area contributed by atoms with Gasteiger partial charge in [0.05, 0.1) is 12.2 Å². The zero-order valence-electron chi connectivity index (χ0n) is 19.0. The topological polar surface area (TPSA) is 95.1 Å². The van der Waals surface area contributed by atoms with Crippen LogP contribution in [0, 0.1) is 12.8 Å². The zero-order chi connectivity index (χ0) is 23.2. The van der Waals surface area contributed by atoms with Crippen molar-refractivity contribution in [3.63, 3.8) is 0 Å². The van der Waals surface area contributed by atoms with Crippen LogP contribution in [0.3, 0.4) is 0 Å². The third-order valence-electron chi connectivity index (χ3n) is 4.90. The normalized spacial score (nSPS) is 11.0. The second-order valence-electron chi connectivity index (χ2n) is 8.12. The number of nitrogens with one attached hydrogen (secondary N) is 1. The number of aromatic nitrogens is 4. The van der Waals surface area contributed by atoms with Gasteiger partial charge in [0.15, 0.2) is 0 Å². The third kappa shape index (κ3) is 5.65. The predicted octanol–water partition coefficient (Wildman–Crippen LogP) is 4.24. The lowest BCUT2D eigenvalue weighted by Gasteiger charge is -2.11. The van der Waals surface area contributed by atoms with Crippen LogP contribution in [-0.4, -0.2) is 39.0 Å². The highest BCUT2D eigenvalue weighted by Gasteiger charge is 2.17. The van der Waals surface area contributed by atoms with Crippen molar-refractivity contribution in [2.24, 2.45) is 5.92 Å². The Kier molecular flexibility index (Phi) is 6.83. The van der Waals surface area contributed by atoms with Crippen molar-refractivity contribution in [2.75, 3.05) is 13.2 Å². The molecule has 33 heavy (non-hydrogen) atoms. The standard InChI is InChI=1S/C25H27N5O3/c1-17(2)14-21-16-23(25-28-27-18(3)33-25)29-30(21)20-9-7-8-19(15-20)24(31)26-12-13-32-22-10-5-4-6-11-22/h4-11,15-17H,12-14H2,1-3H3,(H,26,31). The van der Waals surface area contributed by atoms with Crippen molar-refractivity contribution in [1.82, 2.24) is 25.3 Å². The highest BCUT2D eigenvalue weighted by atomic mass is 16.5. The average molecular weight is 446 g/mol. The average Bonchev–Trinajstić information content (AvgIpc) is 3.43. The largest absolute Gasteiger partial charge is 0.492 e. The number of aryl methyl sites for hydroxylation is 1. The van der Waals surface area contributed by atoms with Crippen molar-refractivity contribution >= 4 is 5.91 Å². The van der Waals surface area contributed by atoms with Gasteiger partial charge in [0.2, 0.25) is 5.89 Å². The molecule has 2 aromatic carbocycles. The molecule has 4 rings (SSSR count). The lowest BCUT2D eigenvalue weighted by Crippen LogP contribution is -2.28. The van der Waals surface area contributed by atoms with Crippen molar-refractivity contribution in [2.45, 2.75) is 27.2 Å². The Bertz CT molecular complexity index is 1210. The summed E-state index contributed by atoms with van der Waals surface area (Å²) in [6, 6.07) is 18.9. The molecule has 2 aromatic heterocycles. The second kappa shape index (κ2) is 10.1. The Hall–Kier alpha value is -3.94. The number of carbonyl (C=O) groups excluding carboxylic acids is 1. The van der Waals surface area contributed by atoms with Crippen LogP contribution in [0.5, 0.6) is 5.75 Å². The van der Waals surface area contributed by atoms with E-state index in [4.69, 9.17) is 14.3 Å². The molecule has 2 heterocycles. The summed E-state index contributed by atoms with van der Waals surface area (Å²) in [5.74, 6) is 1.90. The smallest absolute Gasteiger partial charge is 0.268 e. The first kappa shape index (κ1) is 22.3. The molecule has 0 aliphatic heterocycles. The molecule has 0 saturated heterocycles. The maximum atomic E-state index is 12.7. The molecule has 0 aliphatic rings. The van der Waals surface area contributed by atoms with Gasteiger partial charge >= 0.3 is 0 Å². The molecule has 0 radical (unpaired) electrons. The molecular formula is C25H27N5O3. The third-order valence-corrected chi connectivity index (χ3v) is 4.90. The Morgan fingerprint density at radius 3 is 2.64 bits per heavy atom. The van der Waals surface area contributed by atoms with Gasteiger partial charge in [-0.3, -0.25) is 4.79 Å². The molecule has 0 fully saturated rings. The second-order valence-corrected chi connectivity index (χ2v) is 8.12. The van der Waals surface area contributed by atoms with Crippen LogP contribution in [0.2, 0.25) is 0 Å². The monoisotopic (exact) mass is 445 g/mol. The van der Waals surface area contributed by atoms with E-state index in [-0.39, 0.29) is 5.91 Å². The molecule has 0 bridgehead atoms. The van der Waals surface area contributed by atoms with E-state index in [0.29, 0.717) is 42.1 Å². The lowest BCUT2D eigenvalue weighted by molar-refractivity contribution is 0.0947. The molecule has 8 nitrogen and oxygen atoms in total. The first-order valence-electron chi connectivity index (χ1n) is 11.0. The summed E-state index contributed by atoms with van der Waals surface area (Å²) in [6.07, 6.45) is 0.813. The number of nitrogens with zero attached hydrogens (tertiary/aromatic N) is 4. The minimum Gasteiger partial charge on any atom is -0.492 e. The van der Waals surface area contributed by atoms with Gasteiger partial charge in [-0.2, -0.15) is 5.10 Å². The van der Waals surface area contributed by atoms with Crippen molar-refractivity contribution < 1.29 is 13.9 Å². The molecule has 0 saturated carbocycles. The maximum absolute atomic E-state index is 12.7. The summed E-state index contributed by atoms with van der Waals surface area (Å²) in [5.41, 5.74) is 2.96. The molecule has 170 valence electrons. The Morgan fingerprint density at radius 1 is 1.09 bits per heavy atom. The van der Waals surface area contributed by atoms with E-state index in [9.17, 15) is 4.79 Å². The number of benzene rings is 2. The Balaban J connectivity index is 1.49. The number of amides is 1. The van der Waals surface area contributed by atoms with Crippen molar-refractivity contribution in [1.29, 1.82) is 0 Å². The summed E-state index contributed by atoms with van der Waals surface area (Å²) in [6.45, 7) is 6.83. The van der Waals surface area contributed by atoms with Crippen LogP contribution < -0.4 is 10.1 Å². The Labute approximate surface area is 192 Å². The SMILES string of the molecule is Cc1nnc(-c2cc(CC(C)C)n(-c3cccc(C(=O)NCCOc4ccccc4)c3)n2)o1.